The van der Waals surface area contributed by atoms with Gasteiger partial charge in [0.05, 0.1) is 0 Å². The molecule has 0 saturated carbocycles. The van der Waals surface area contributed by atoms with Crippen LogP contribution in [-0.4, -0.2) is 6.54 Å². The maximum Gasteiger partial charge on any atom is 0.0386 e. The van der Waals surface area contributed by atoms with Crippen molar-refractivity contribution in [1.82, 2.24) is 5.32 Å². The van der Waals surface area contributed by atoms with Crippen LogP contribution in [0.5, 0.6) is 0 Å². The maximum atomic E-state index is 3.67. The fourth-order valence-corrected chi connectivity index (χ4v) is 3.63. The van der Waals surface area contributed by atoms with Crippen molar-refractivity contribution >= 4 is 11.3 Å². The van der Waals surface area contributed by atoms with Gasteiger partial charge in [0, 0.05) is 15.8 Å². The molecule has 1 aliphatic carbocycles. The Labute approximate surface area is 110 Å². The van der Waals surface area contributed by atoms with Crippen molar-refractivity contribution in [2.75, 3.05) is 6.54 Å². The summed E-state index contributed by atoms with van der Waals surface area (Å²) in [4.78, 5) is 3.20. The van der Waals surface area contributed by atoms with Gasteiger partial charge in [-0.25, -0.2) is 0 Å². The minimum absolute atomic E-state index is 0.527. The Bertz CT molecular complexity index is 332. The van der Waals surface area contributed by atoms with Crippen molar-refractivity contribution in [2.45, 2.75) is 58.9 Å². The topological polar surface area (TPSA) is 12.0 Å². The normalized spacial score (nSPS) is 18.8. The zero-order valence-electron chi connectivity index (χ0n) is 11.4. The zero-order chi connectivity index (χ0) is 12.3. The van der Waals surface area contributed by atoms with E-state index in [1.807, 2.05) is 11.3 Å². The fourth-order valence-electron chi connectivity index (χ4n) is 2.35. The van der Waals surface area contributed by atoms with Crippen molar-refractivity contribution in [1.29, 1.82) is 0 Å². The van der Waals surface area contributed by atoms with Crippen LogP contribution in [0.2, 0.25) is 0 Å². The molecule has 0 radical (unpaired) electrons. The molecule has 2 unspecified atom stereocenters. The number of fused-ring (bicyclic) bond motifs is 1. The molecular weight excluding hydrogens is 226 g/mol. The molecule has 2 heteroatoms. The predicted molar refractivity (Wildman–Crippen MR) is 76.8 cm³/mol. The maximum absolute atomic E-state index is 3.67. The Morgan fingerprint density at radius 2 is 2.06 bits per heavy atom. The van der Waals surface area contributed by atoms with Crippen LogP contribution in [0.4, 0.5) is 0 Å². The molecule has 0 fully saturated rings. The molecule has 0 bridgehead atoms. The first-order valence-corrected chi connectivity index (χ1v) is 7.87. The summed E-state index contributed by atoms with van der Waals surface area (Å²) in [5.41, 5.74) is 1.63. The standard InChI is InChI=1S/C15H25NS/c1-4-11(2)10-16-12(3)15-9-13-7-5-6-8-14(13)17-15/h9,11-12,16H,4-8,10H2,1-3H3. The Balaban J connectivity index is 1.94. The van der Waals surface area contributed by atoms with E-state index in [0.717, 1.165) is 12.5 Å². The van der Waals surface area contributed by atoms with E-state index in [0.29, 0.717) is 6.04 Å². The second-order valence-corrected chi connectivity index (χ2v) is 6.62. The molecule has 2 rings (SSSR count). The second kappa shape index (κ2) is 6.01. The third-order valence-electron chi connectivity index (χ3n) is 3.91. The number of hydrogen-bond donors (Lipinski definition) is 1. The van der Waals surface area contributed by atoms with Crippen LogP contribution in [0.25, 0.3) is 0 Å². The monoisotopic (exact) mass is 251 g/mol. The lowest BCUT2D eigenvalue weighted by Crippen LogP contribution is -2.23. The molecule has 1 nitrogen and oxygen atoms in total. The third kappa shape index (κ3) is 3.32. The molecule has 1 aliphatic rings. The highest BCUT2D eigenvalue weighted by molar-refractivity contribution is 7.12. The van der Waals surface area contributed by atoms with Gasteiger partial charge in [0.25, 0.3) is 0 Å². The average molecular weight is 251 g/mol. The van der Waals surface area contributed by atoms with Gasteiger partial charge in [0.15, 0.2) is 0 Å². The van der Waals surface area contributed by atoms with Crippen LogP contribution >= 0.6 is 11.3 Å². The zero-order valence-corrected chi connectivity index (χ0v) is 12.2. The Morgan fingerprint density at radius 3 is 2.76 bits per heavy atom. The van der Waals surface area contributed by atoms with Gasteiger partial charge in [0.2, 0.25) is 0 Å². The Kier molecular flexibility index (Phi) is 4.63. The van der Waals surface area contributed by atoms with Crippen molar-refractivity contribution in [3.63, 3.8) is 0 Å². The summed E-state index contributed by atoms with van der Waals surface area (Å²) in [6.45, 7) is 8.03. The SMILES string of the molecule is CCC(C)CNC(C)c1cc2c(s1)CCCC2. The van der Waals surface area contributed by atoms with E-state index < -0.39 is 0 Å². The molecule has 96 valence electrons. The molecular formula is C15H25NS. The first kappa shape index (κ1) is 13.1. The molecule has 0 aromatic carbocycles. The van der Waals surface area contributed by atoms with E-state index in [4.69, 9.17) is 0 Å². The molecule has 1 heterocycles. The summed E-state index contributed by atoms with van der Waals surface area (Å²) in [6.07, 6.45) is 6.67. The van der Waals surface area contributed by atoms with E-state index in [1.165, 1.54) is 32.1 Å². The molecule has 1 N–H and O–H groups in total. The number of aryl methyl sites for hydroxylation is 2. The van der Waals surface area contributed by atoms with Crippen LogP contribution in [0.1, 0.15) is 61.4 Å². The van der Waals surface area contributed by atoms with Crippen molar-refractivity contribution in [2.24, 2.45) is 5.92 Å². The van der Waals surface area contributed by atoms with E-state index >= 15 is 0 Å². The fraction of sp³-hybridized carbons (Fsp3) is 0.733. The lowest BCUT2D eigenvalue weighted by Gasteiger charge is -2.15. The summed E-state index contributed by atoms with van der Waals surface area (Å²) in [5.74, 6) is 0.784. The van der Waals surface area contributed by atoms with Gasteiger partial charge in [-0.1, -0.05) is 20.3 Å². The molecule has 0 amide bonds. The lowest BCUT2D eigenvalue weighted by atomic mass is 9.99. The summed E-state index contributed by atoms with van der Waals surface area (Å²) in [5, 5.41) is 3.67. The Morgan fingerprint density at radius 1 is 1.29 bits per heavy atom. The van der Waals surface area contributed by atoms with Crippen LogP contribution in [0.15, 0.2) is 6.07 Å². The van der Waals surface area contributed by atoms with Crippen LogP contribution in [0, 0.1) is 5.92 Å². The third-order valence-corrected chi connectivity index (χ3v) is 5.33. The number of rotatable bonds is 5. The van der Waals surface area contributed by atoms with Gasteiger partial charge in [0.1, 0.15) is 0 Å². The van der Waals surface area contributed by atoms with Crippen molar-refractivity contribution in [3.05, 3.63) is 21.4 Å². The molecule has 0 saturated heterocycles. The predicted octanol–water partition coefficient (Wildman–Crippen LogP) is 4.32. The van der Waals surface area contributed by atoms with Gasteiger partial charge in [-0.05, 0) is 56.7 Å². The summed E-state index contributed by atoms with van der Waals surface area (Å²) >= 11 is 2.04. The first-order valence-electron chi connectivity index (χ1n) is 7.05. The first-order chi connectivity index (χ1) is 8.20. The molecule has 1 aromatic heterocycles. The number of thiophene rings is 1. The van der Waals surface area contributed by atoms with Gasteiger partial charge in [-0.3, -0.25) is 0 Å². The quantitative estimate of drug-likeness (QED) is 0.821. The van der Waals surface area contributed by atoms with Gasteiger partial charge >= 0.3 is 0 Å². The van der Waals surface area contributed by atoms with Crippen molar-refractivity contribution < 1.29 is 0 Å². The largest absolute Gasteiger partial charge is 0.309 e. The molecule has 1 aromatic rings. The van der Waals surface area contributed by atoms with Gasteiger partial charge in [-0.2, -0.15) is 0 Å². The smallest absolute Gasteiger partial charge is 0.0386 e. The van der Waals surface area contributed by atoms with E-state index in [-0.39, 0.29) is 0 Å². The minimum Gasteiger partial charge on any atom is -0.309 e. The van der Waals surface area contributed by atoms with Crippen LogP contribution in [0.3, 0.4) is 0 Å². The summed E-state index contributed by atoms with van der Waals surface area (Å²) < 4.78 is 0. The number of hydrogen-bond acceptors (Lipinski definition) is 2. The Hall–Kier alpha value is -0.340. The van der Waals surface area contributed by atoms with Crippen LogP contribution < -0.4 is 5.32 Å². The van der Waals surface area contributed by atoms with E-state index in [9.17, 15) is 0 Å². The van der Waals surface area contributed by atoms with Gasteiger partial charge < -0.3 is 5.32 Å². The van der Waals surface area contributed by atoms with Crippen molar-refractivity contribution in [3.8, 4) is 0 Å². The van der Waals surface area contributed by atoms with Gasteiger partial charge in [-0.15, -0.1) is 11.3 Å². The minimum atomic E-state index is 0.527. The molecule has 0 spiro atoms. The average Bonchev–Trinajstić information content (AvgIpc) is 2.79. The summed E-state index contributed by atoms with van der Waals surface area (Å²) in [7, 11) is 0. The highest BCUT2D eigenvalue weighted by Gasteiger charge is 2.16. The molecule has 0 aliphatic heterocycles. The highest BCUT2D eigenvalue weighted by Crippen LogP contribution is 2.32. The molecule has 2 atom stereocenters. The van der Waals surface area contributed by atoms with E-state index in [1.54, 1.807) is 15.3 Å². The van der Waals surface area contributed by atoms with Crippen LogP contribution in [-0.2, 0) is 12.8 Å². The number of nitrogens with one attached hydrogen (secondary N) is 1. The second-order valence-electron chi connectivity index (χ2n) is 5.45. The van der Waals surface area contributed by atoms with E-state index in [2.05, 4.69) is 32.2 Å². The molecule has 17 heavy (non-hydrogen) atoms. The lowest BCUT2D eigenvalue weighted by molar-refractivity contribution is 0.464. The summed E-state index contributed by atoms with van der Waals surface area (Å²) in [6, 6.07) is 2.98. The highest BCUT2D eigenvalue weighted by atomic mass is 32.1.